The first-order valence-electron chi connectivity index (χ1n) is 6.88. The molecule has 0 spiro atoms. The highest BCUT2D eigenvalue weighted by Gasteiger charge is 1.99. The summed E-state index contributed by atoms with van der Waals surface area (Å²) in [5.41, 5.74) is 12.7. The van der Waals surface area contributed by atoms with Gasteiger partial charge < -0.3 is 11.5 Å². The SMILES string of the molecule is CCCCN(C\C=C/C=C(N)\C=C(/C)N)CCC. The molecular weight excluding hydrogens is 222 g/mol. The van der Waals surface area contributed by atoms with Gasteiger partial charge in [0.05, 0.1) is 0 Å². The smallest absolute Gasteiger partial charge is 0.0331 e. The van der Waals surface area contributed by atoms with Gasteiger partial charge in [-0.15, -0.1) is 0 Å². The van der Waals surface area contributed by atoms with Crippen LogP contribution in [0.1, 0.15) is 40.0 Å². The molecule has 0 aliphatic carbocycles. The van der Waals surface area contributed by atoms with Gasteiger partial charge in [0.15, 0.2) is 0 Å². The van der Waals surface area contributed by atoms with Crippen molar-refractivity contribution < 1.29 is 0 Å². The molecule has 0 heterocycles. The van der Waals surface area contributed by atoms with Crippen LogP contribution in [0.5, 0.6) is 0 Å². The van der Waals surface area contributed by atoms with Crippen molar-refractivity contribution in [1.82, 2.24) is 4.90 Å². The number of hydrogen-bond acceptors (Lipinski definition) is 3. The Morgan fingerprint density at radius 3 is 2.39 bits per heavy atom. The third-order valence-corrected chi connectivity index (χ3v) is 2.55. The molecule has 0 aromatic heterocycles. The molecule has 0 fully saturated rings. The molecule has 3 nitrogen and oxygen atoms in total. The largest absolute Gasteiger partial charge is 0.402 e. The number of hydrogen-bond donors (Lipinski definition) is 2. The normalized spacial score (nSPS) is 13.8. The predicted molar refractivity (Wildman–Crippen MR) is 81.0 cm³/mol. The van der Waals surface area contributed by atoms with E-state index in [2.05, 4.69) is 24.8 Å². The molecule has 0 bridgehead atoms. The number of unbranched alkanes of at least 4 members (excludes halogenated alkanes) is 1. The van der Waals surface area contributed by atoms with Crippen LogP contribution in [0.25, 0.3) is 0 Å². The van der Waals surface area contributed by atoms with Crippen LogP contribution >= 0.6 is 0 Å². The van der Waals surface area contributed by atoms with Crippen LogP contribution in [-0.2, 0) is 0 Å². The highest BCUT2D eigenvalue weighted by atomic mass is 15.1. The molecule has 0 aliphatic rings. The van der Waals surface area contributed by atoms with Crippen molar-refractivity contribution >= 4 is 0 Å². The van der Waals surface area contributed by atoms with Gasteiger partial charge in [-0.05, 0) is 45.0 Å². The molecule has 4 N–H and O–H groups in total. The molecule has 18 heavy (non-hydrogen) atoms. The van der Waals surface area contributed by atoms with Crippen LogP contribution in [-0.4, -0.2) is 24.5 Å². The van der Waals surface area contributed by atoms with Crippen LogP contribution < -0.4 is 11.5 Å². The van der Waals surface area contributed by atoms with E-state index >= 15 is 0 Å². The minimum Gasteiger partial charge on any atom is -0.402 e. The molecular formula is C15H29N3. The highest BCUT2D eigenvalue weighted by molar-refractivity contribution is 5.22. The fraction of sp³-hybridized carbons (Fsp3) is 0.600. The van der Waals surface area contributed by atoms with Gasteiger partial charge in [-0.3, -0.25) is 4.90 Å². The molecule has 0 aliphatic heterocycles. The molecule has 0 atom stereocenters. The molecule has 0 unspecified atom stereocenters. The minimum absolute atomic E-state index is 0.696. The van der Waals surface area contributed by atoms with Gasteiger partial charge in [0.2, 0.25) is 0 Å². The minimum atomic E-state index is 0.696. The van der Waals surface area contributed by atoms with Crippen molar-refractivity contribution in [3.63, 3.8) is 0 Å². The predicted octanol–water partition coefficient (Wildman–Crippen LogP) is 2.76. The molecule has 3 heteroatoms. The van der Waals surface area contributed by atoms with Crippen molar-refractivity contribution in [3.8, 4) is 0 Å². The van der Waals surface area contributed by atoms with Crippen LogP contribution in [0, 0.1) is 0 Å². The third-order valence-electron chi connectivity index (χ3n) is 2.55. The van der Waals surface area contributed by atoms with E-state index in [1.807, 2.05) is 19.1 Å². The third kappa shape index (κ3) is 9.97. The Kier molecular flexibility index (Phi) is 10.2. The van der Waals surface area contributed by atoms with E-state index in [1.165, 1.54) is 25.8 Å². The van der Waals surface area contributed by atoms with Crippen molar-refractivity contribution in [2.45, 2.75) is 40.0 Å². The van der Waals surface area contributed by atoms with Crippen LogP contribution in [0.4, 0.5) is 0 Å². The molecule has 0 amide bonds. The van der Waals surface area contributed by atoms with E-state index in [-0.39, 0.29) is 0 Å². The number of allylic oxidation sites excluding steroid dienone is 4. The Morgan fingerprint density at radius 1 is 1.11 bits per heavy atom. The Balaban J connectivity index is 4.13. The summed E-state index contributed by atoms with van der Waals surface area (Å²) < 4.78 is 0. The lowest BCUT2D eigenvalue weighted by Crippen LogP contribution is -2.25. The van der Waals surface area contributed by atoms with Crippen molar-refractivity contribution in [1.29, 1.82) is 0 Å². The summed E-state index contributed by atoms with van der Waals surface area (Å²) in [5, 5.41) is 0. The monoisotopic (exact) mass is 251 g/mol. The molecule has 0 radical (unpaired) electrons. The molecule has 0 aromatic carbocycles. The van der Waals surface area contributed by atoms with Gasteiger partial charge in [-0.2, -0.15) is 0 Å². The van der Waals surface area contributed by atoms with E-state index in [9.17, 15) is 0 Å². The number of nitrogens with zero attached hydrogens (tertiary/aromatic N) is 1. The van der Waals surface area contributed by atoms with E-state index in [0.717, 1.165) is 18.8 Å². The first-order valence-corrected chi connectivity index (χ1v) is 6.88. The lowest BCUT2D eigenvalue weighted by molar-refractivity contribution is 0.298. The maximum Gasteiger partial charge on any atom is 0.0331 e. The van der Waals surface area contributed by atoms with Crippen LogP contribution in [0.15, 0.2) is 35.7 Å². The van der Waals surface area contributed by atoms with Gasteiger partial charge in [0.25, 0.3) is 0 Å². The zero-order chi connectivity index (χ0) is 13.8. The zero-order valence-electron chi connectivity index (χ0n) is 12.2. The summed E-state index contributed by atoms with van der Waals surface area (Å²) in [4.78, 5) is 2.47. The Labute approximate surface area is 112 Å². The van der Waals surface area contributed by atoms with E-state index in [4.69, 9.17) is 11.5 Å². The molecule has 0 aromatic rings. The quantitative estimate of drug-likeness (QED) is 0.620. The van der Waals surface area contributed by atoms with Crippen molar-refractivity contribution in [2.75, 3.05) is 19.6 Å². The zero-order valence-corrected chi connectivity index (χ0v) is 12.2. The first kappa shape index (κ1) is 16.8. The summed E-state index contributed by atoms with van der Waals surface area (Å²) in [6, 6.07) is 0. The van der Waals surface area contributed by atoms with E-state index in [1.54, 1.807) is 6.08 Å². The van der Waals surface area contributed by atoms with Gasteiger partial charge in [-0.1, -0.05) is 32.4 Å². The standard InChI is InChI=1S/C15H29N3/c1-4-6-11-18(10-5-2)12-8-7-9-15(17)13-14(3)16/h7-9,13H,4-6,10-12,16-17H2,1-3H3/b8-7-,14-13+,15-9+. The topological polar surface area (TPSA) is 55.3 Å². The molecule has 0 saturated carbocycles. The number of nitrogens with two attached hydrogens (primary N) is 2. The van der Waals surface area contributed by atoms with Gasteiger partial charge in [0.1, 0.15) is 0 Å². The number of rotatable bonds is 9. The van der Waals surface area contributed by atoms with Gasteiger partial charge >= 0.3 is 0 Å². The van der Waals surface area contributed by atoms with Crippen molar-refractivity contribution in [3.05, 3.63) is 35.7 Å². The maximum absolute atomic E-state index is 5.77. The maximum atomic E-state index is 5.77. The summed E-state index contributed by atoms with van der Waals surface area (Å²) >= 11 is 0. The van der Waals surface area contributed by atoms with Crippen molar-refractivity contribution in [2.24, 2.45) is 11.5 Å². The van der Waals surface area contributed by atoms with Crippen LogP contribution in [0.2, 0.25) is 0 Å². The van der Waals surface area contributed by atoms with Gasteiger partial charge in [-0.25, -0.2) is 0 Å². The second-order valence-electron chi connectivity index (χ2n) is 4.64. The summed E-state index contributed by atoms with van der Waals surface area (Å²) in [7, 11) is 0. The average Bonchev–Trinajstić information content (AvgIpc) is 2.30. The summed E-state index contributed by atoms with van der Waals surface area (Å²) in [5.74, 6) is 0. The summed E-state index contributed by atoms with van der Waals surface area (Å²) in [6.45, 7) is 9.60. The highest BCUT2D eigenvalue weighted by Crippen LogP contribution is 1.98. The van der Waals surface area contributed by atoms with E-state index < -0.39 is 0 Å². The van der Waals surface area contributed by atoms with Crippen LogP contribution in [0.3, 0.4) is 0 Å². The molecule has 0 saturated heterocycles. The lowest BCUT2D eigenvalue weighted by Gasteiger charge is -2.19. The molecule has 0 rings (SSSR count). The van der Waals surface area contributed by atoms with E-state index in [0.29, 0.717) is 5.70 Å². The lowest BCUT2D eigenvalue weighted by atomic mass is 10.3. The Morgan fingerprint density at radius 2 is 1.83 bits per heavy atom. The fourth-order valence-electron chi connectivity index (χ4n) is 1.69. The summed E-state index contributed by atoms with van der Waals surface area (Å²) in [6.07, 6.45) is 11.5. The van der Waals surface area contributed by atoms with Gasteiger partial charge in [0, 0.05) is 17.9 Å². The molecule has 104 valence electrons. The second-order valence-corrected chi connectivity index (χ2v) is 4.64. The Hall–Kier alpha value is -1.22. The fourth-order valence-corrected chi connectivity index (χ4v) is 1.69. The second kappa shape index (κ2) is 10.9. The Bertz CT molecular complexity index is 286. The average molecular weight is 251 g/mol. The first-order chi connectivity index (χ1) is 8.60.